The molecule has 13 heteroatoms. The number of aromatic nitrogens is 1. The number of hydrogen-bond donors (Lipinski definition) is 0. The van der Waals surface area contributed by atoms with Crippen molar-refractivity contribution in [1.29, 1.82) is 0 Å². The van der Waals surface area contributed by atoms with Crippen LogP contribution >= 0.6 is 35.0 Å². The number of halogens is 3. The number of nitrogens with zero attached hydrogens (tertiary/aromatic N) is 6. The molecular formula is C35H39Cl2FN6O3S. The predicted molar refractivity (Wildman–Crippen MR) is 185 cm³/mol. The van der Waals surface area contributed by atoms with Crippen molar-refractivity contribution < 1.29 is 18.8 Å². The quantitative estimate of drug-likeness (QED) is 0.335. The molecule has 254 valence electrons. The van der Waals surface area contributed by atoms with Crippen LogP contribution in [-0.2, 0) is 19.9 Å². The number of hydrogen-bond acceptors (Lipinski definition) is 7. The van der Waals surface area contributed by atoms with E-state index in [1.165, 1.54) is 17.8 Å². The van der Waals surface area contributed by atoms with Gasteiger partial charge in [0.1, 0.15) is 27.5 Å². The molecule has 3 fully saturated rings. The smallest absolute Gasteiger partial charge is 0.263 e. The van der Waals surface area contributed by atoms with Crippen LogP contribution in [-0.4, -0.2) is 84.7 Å². The van der Waals surface area contributed by atoms with Crippen molar-refractivity contribution in [2.24, 2.45) is 10.9 Å². The zero-order chi connectivity index (χ0) is 34.3. The Balaban J connectivity index is 1.23. The van der Waals surface area contributed by atoms with Gasteiger partial charge in [0.05, 0.1) is 16.6 Å². The van der Waals surface area contributed by atoms with Gasteiger partial charge in [0.25, 0.3) is 5.91 Å². The molecule has 1 aliphatic carbocycles. The maximum atomic E-state index is 15.0. The first-order chi connectivity index (χ1) is 22.8. The normalized spacial score (nSPS) is 27.7. The topological polar surface area (TPSA) is 89.4 Å². The van der Waals surface area contributed by atoms with Gasteiger partial charge in [-0.1, -0.05) is 49.2 Å². The number of likely N-dealkylation sites (tertiary alicyclic amines) is 1. The van der Waals surface area contributed by atoms with Gasteiger partial charge in [-0.15, -0.1) is 0 Å². The van der Waals surface area contributed by atoms with Crippen molar-refractivity contribution >= 4 is 57.9 Å². The third-order valence-electron chi connectivity index (χ3n) is 10.6. The van der Waals surface area contributed by atoms with Crippen LogP contribution in [0.2, 0.25) is 10.2 Å². The Bertz CT molecular complexity index is 1760. The van der Waals surface area contributed by atoms with E-state index in [1.54, 1.807) is 36.2 Å². The molecule has 1 aromatic heterocycles. The van der Waals surface area contributed by atoms with E-state index in [0.717, 1.165) is 30.5 Å². The number of aliphatic imine (C=N–C) groups is 1. The highest BCUT2D eigenvalue weighted by Gasteiger charge is 2.57. The fourth-order valence-corrected chi connectivity index (χ4v) is 9.62. The number of pyridine rings is 1. The molecular weight excluding hydrogens is 674 g/mol. The fourth-order valence-electron chi connectivity index (χ4n) is 8.02. The SMILES string of the molecule is CC(=O)N1C[C@H](C)N(C(=O)[C@@H]2CCCN2C(=O)C2=C(C(C)C)N3C(=N[C@@](C)(c4ccc(Cl)nc4)[C@H]3c3ccc(Cl)c(F)c3)S2)CC12CC2. The summed E-state index contributed by atoms with van der Waals surface area (Å²) in [5.74, 6) is -0.832. The lowest BCUT2D eigenvalue weighted by Crippen LogP contribution is -2.63. The number of benzene rings is 1. The Morgan fingerprint density at radius 3 is 2.48 bits per heavy atom. The van der Waals surface area contributed by atoms with Gasteiger partial charge < -0.3 is 19.6 Å². The van der Waals surface area contributed by atoms with Gasteiger partial charge in [-0.25, -0.2) is 14.4 Å². The van der Waals surface area contributed by atoms with Crippen LogP contribution in [0.4, 0.5) is 4.39 Å². The molecule has 48 heavy (non-hydrogen) atoms. The van der Waals surface area contributed by atoms with Crippen molar-refractivity contribution in [2.45, 2.75) is 89.5 Å². The predicted octanol–water partition coefficient (Wildman–Crippen LogP) is 6.37. The number of piperazine rings is 1. The van der Waals surface area contributed by atoms with Crippen LogP contribution in [0.3, 0.4) is 0 Å². The summed E-state index contributed by atoms with van der Waals surface area (Å²) >= 11 is 13.6. The molecule has 5 aliphatic rings. The summed E-state index contributed by atoms with van der Waals surface area (Å²) in [6.07, 6.45) is 4.78. The lowest BCUT2D eigenvalue weighted by atomic mass is 9.81. The number of carbonyl (C=O) groups is 3. The maximum absolute atomic E-state index is 15.0. The summed E-state index contributed by atoms with van der Waals surface area (Å²) < 4.78 is 15.0. The highest BCUT2D eigenvalue weighted by molar-refractivity contribution is 8.18. The van der Waals surface area contributed by atoms with Crippen LogP contribution < -0.4 is 0 Å². The Morgan fingerprint density at radius 2 is 1.85 bits per heavy atom. The van der Waals surface area contributed by atoms with Gasteiger partial charge in [0.2, 0.25) is 11.8 Å². The summed E-state index contributed by atoms with van der Waals surface area (Å²) in [7, 11) is 0. The molecule has 9 nitrogen and oxygen atoms in total. The highest BCUT2D eigenvalue weighted by atomic mass is 35.5. The van der Waals surface area contributed by atoms with Crippen molar-refractivity contribution in [3.8, 4) is 0 Å². The van der Waals surface area contributed by atoms with Crippen molar-refractivity contribution in [1.82, 2.24) is 24.6 Å². The second-order valence-corrected chi connectivity index (χ2v) is 15.9. The third kappa shape index (κ3) is 5.31. The molecule has 0 radical (unpaired) electrons. The number of thioether (sulfide) groups is 1. The van der Waals surface area contributed by atoms with Crippen LogP contribution in [0.1, 0.15) is 77.5 Å². The van der Waals surface area contributed by atoms with Crippen LogP contribution in [0.15, 0.2) is 52.1 Å². The zero-order valence-corrected chi connectivity index (χ0v) is 30.0. The molecule has 0 unspecified atom stereocenters. The largest absolute Gasteiger partial charge is 0.334 e. The Kier molecular flexibility index (Phi) is 8.35. The Labute approximate surface area is 294 Å². The van der Waals surface area contributed by atoms with Crippen molar-refractivity contribution in [2.75, 3.05) is 19.6 Å². The van der Waals surface area contributed by atoms with Gasteiger partial charge in [-0.2, -0.15) is 0 Å². The highest BCUT2D eigenvalue weighted by Crippen LogP contribution is 2.56. The van der Waals surface area contributed by atoms with Crippen molar-refractivity contribution in [3.05, 3.63) is 74.3 Å². The Hall–Kier alpha value is -3.15. The van der Waals surface area contributed by atoms with E-state index in [2.05, 4.69) is 9.88 Å². The van der Waals surface area contributed by atoms with E-state index >= 15 is 4.39 Å². The second-order valence-electron chi connectivity index (χ2n) is 14.2. The summed E-state index contributed by atoms with van der Waals surface area (Å²) in [5, 5.41) is 1.00. The first-order valence-corrected chi connectivity index (χ1v) is 18.1. The van der Waals surface area contributed by atoms with Gasteiger partial charge in [0.15, 0.2) is 5.17 Å². The third-order valence-corrected chi connectivity index (χ3v) is 12.2. The molecule has 2 aromatic rings. The Morgan fingerprint density at radius 1 is 1.10 bits per heavy atom. The van der Waals surface area contributed by atoms with E-state index in [0.29, 0.717) is 46.8 Å². The summed E-state index contributed by atoms with van der Waals surface area (Å²) in [5.41, 5.74) is 1.07. The maximum Gasteiger partial charge on any atom is 0.263 e. The summed E-state index contributed by atoms with van der Waals surface area (Å²) in [4.78, 5) is 58.9. The number of amidine groups is 1. The van der Waals surface area contributed by atoms with Crippen molar-refractivity contribution in [3.63, 3.8) is 0 Å². The minimum atomic E-state index is -0.891. The molecule has 1 aromatic carbocycles. The number of fused-ring (bicyclic) bond motifs is 1. The number of carbonyl (C=O) groups excluding carboxylic acids is 3. The van der Waals surface area contributed by atoms with E-state index in [4.69, 9.17) is 28.2 Å². The van der Waals surface area contributed by atoms with E-state index in [1.807, 2.05) is 43.6 Å². The molecule has 0 N–H and O–H groups in total. The molecule has 2 saturated heterocycles. The minimum Gasteiger partial charge on any atom is -0.334 e. The summed E-state index contributed by atoms with van der Waals surface area (Å²) in [6.45, 7) is 11.1. The number of allylic oxidation sites excluding steroid dienone is 1. The molecule has 4 aliphatic heterocycles. The second kappa shape index (κ2) is 12.0. The van der Waals surface area contributed by atoms with Gasteiger partial charge in [-0.05, 0) is 81.0 Å². The lowest BCUT2D eigenvalue weighted by molar-refractivity contribution is -0.151. The molecule has 1 spiro atoms. The number of amides is 3. The first-order valence-electron chi connectivity index (χ1n) is 16.5. The lowest BCUT2D eigenvalue weighted by Gasteiger charge is -2.47. The van der Waals surface area contributed by atoms with Gasteiger partial charge >= 0.3 is 0 Å². The zero-order valence-electron chi connectivity index (χ0n) is 27.7. The average molecular weight is 714 g/mol. The molecule has 7 rings (SSSR count). The molecule has 5 heterocycles. The van der Waals surface area contributed by atoms with Gasteiger partial charge in [0, 0.05) is 50.1 Å². The minimum absolute atomic E-state index is 0.0217. The molecule has 4 atom stereocenters. The fraction of sp³-hybridized carbons (Fsp3) is 0.514. The molecule has 0 bridgehead atoms. The first kappa shape index (κ1) is 33.4. The van der Waals surface area contributed by atoms with E-state index in [-0.39, 0.29) is 40.2 Å². The van der Waals surface area contributed by atoms with Crippen LogP contribution in [0.25, 0.3) is 0 Å². The standard InChI is InChI=1S/C35H39Cl2FN6O3S/c1-19(2)28-29(32(47)41-14-6-7-26(41)31(46)42-18-35(12-13-35)43(21(4)45)17-20(42)3)48-33-40-34(5,23-9-11-27(37)39-16-23)30(44(28)33)22-8-10-24(36)25(38)15-22/h8-11,15-16,19-20,26,30H,6-7,12-14,17-18H2,1-5H3/t20-,26-,30+,34-/m0/s1. The monoisotopic (exact) mass is 712 g/mol. The van der Waals surface area contributed by atoms with E-state index in [9.17, 15) is 14.4 Å². The van der Waals surface area contributed by atoms with Gasteiger partial charge in [-0.3, -0.25) is 14.4 Å². The average Bonchev–Trinajstić information content (AvgIpc) is 3.34. The van der Waals surface area contributed by atoms with E-state index < -0.39 is 23.4 Å². The molecule has 1 saturated carbocycles. The molecule has 3 amide bonds. The summed E-state index contributed by atoms with van der Waals surface area (Å²) in [6, 6.07) is 7.13. The number of rotatable bonds is 5. The van der Waals surface area contributed by atoms with Crippen LogP contribution in [0.5, 0.6) is 0 Å². The van der Waals surface area contributed by atoms with Crippen LogP contribution in [0, 0.1) is 11.7 Å².